The molecule has 0 N–H and O–H groups in total. The topological polar surface area (TPSA) is 48.4 Å². The summed E-state index contributed by atoms with van der Waals surface area (Å²) in [4.78, 5) is 3.66. The lowest BCUT2D eigenvalue weighted by Crippen LogP contribution is -2.35. The van der Waals surface area contributed by atoms with E-state index >= 15 is 0 Å². The predicted octanol–water partition coefficient (Wildman–Crippen LogP) is 21.9. The van der Waals surface area contributed by atoms with Crippen molar-refractivity contribution in [2.75, 3.05) is 0 Å². The maximum absolute atomic E-state index is 7.41. The SMILES string of the molecule is Cc1c(-[n+]2ccccc2C)cc2ccccc2c1-c1cccn1C.Cc1c(-c2cccn2C)cc(C(C)(C)C)cc1-[n+]1ccccc1C.Cc1cc(-c2cccn2C)c(C)c(-[n+]2ccccc2C)c1.Cc1cc(C)c(-[n+]2ccccc2C)c(C)c1-c1cccn1C.[C-]#[N+]c1cc(-c2cccn2C)c(C)c(-[n+]2ccccc2C)c1. The minimum atomic E-state index is 0.103. The van der Waals surface area contributed by atoms with Crippen molar-refractivity contribution >= 4 is 16.5 Å². The lowest BCUT2D eigenvalue weighted by molar-refractivity contribution is -0.603. The van der Waals surface area contributed by atoms with Gasteiger partial charge in [-0.25, -0.2) is 4.85 Å². The van der Waals surface area contributed by atoms with Gasteiger partial charge in [0.15, 0.2) is 65.1 Å². The molecule has 10 heterocycles. The Kier molecular flexibility index (Phi) is 24.2. The van der Waals surface area contributed by atoms with Crippen LogP contribution in [0.2, 0.25) is 0 Å². The number of rotatable bonds is 10. The van der Waals surface area contributed by atoms with Gasteiger partial charge in [-0.05, 0) is 179 Å². The van der Waals surface area contributed by atoms with Crippen molar-refractivity contribution < 1.29 is 22.8 Å². The largest absolute Gasteiger partial charge is 0.351 e. The molecule has 0 aliphatic carbocycles. The first-order valence-corrected chi connectivity index (χ1v) is 39.0. The summed E-state index contributed by atoms with van der Waals surface area (Å²) >= 11 is 0. The summed E-state index contributed by atoms with van der Waals surface area (Å²) in [5, 5.41) is 2.57. The zero-order valence-corrected chi connectivity index (χ0v) is 70.1. The Balaban J connectivity index is 0.000000131. The summed E-state index contributed by atoms with van der Waals surface area (Å²) in [7, 11) is 10.4. The van der Waals surface area contributed by atoms with E-state index in [4.69, 9.17) is 6.57 Å². The summed E-state index contributed by atoms with van der Waals surface area (Å²) < 4.78 is 22.1. The molecule has 0 bridgehead atoms. The van der Waals surface area contributed by atoms with Crippen LogP contribution in [0, 0.1) is 96.6 Å². The van der Waals surface area contributed by atoms with E-state index in [1.807, 2.05) is 49.8 Å². The maximum Gasteiger partial charge on any atom is 0.217 e. The Morgan fingerprint density at radius 3 is 1.05 bits per heavy atom. The van der Waals surface area contributed by atoms with E-state index in [0.29, 0.717) is 5.69 Å². The first-order chi connectivity index (χ1) is 54.1. The third-order valence-corrected chi connectivity index (χ3v) is 22.1. The maximum atomic E-state index is 7.41. The molecule has 11 heteroatoms. The molecule has 11 nitrogen and oxygen atoms in total. The highest BCUT2D eigenvalue weighted by atomic mass is 15.0. The Bertz CT molecular complexity index is 6180. The van der Waals surface area contributed by atoms with Crippen molar-refractivity contribution in [1.82, 2.24) is 22.8 Å². The van der Waals surface area contributed by atoms with Crippen LogP contribution in [0.4, 0.5) is 5.69 Å². The van der Waals surface area contributed by atoms with E-state index in [9.17, 15) is 0 Å². The van der Waals surface area contributed by atoms with Crippen LogP contribution < -0.4 is 22.8 Å². The second-order valence-corrected chi connectivity index (χ2v) is 31.2. The normalized spacial score (nSPS) is 11.0. The third-order valence-electron chi connectivity index (χ3n) is 22.1. The second-order valence-electron chi connectivity index (χ2n) is 31.2. The van der Waals surface area contributed by atoms with Crippen molar-refractivity contribution in [3.05, 3.63) is 376 Å². The Labute approximate surface area is 670 Å². The standard InChI is InChI=1S/C22H21N2.C22H27N2.C20H23N2.C19H18N3.C19H21N2/c1-16-9-6-7-14-24(16)21-15-18-10-4-5-11-19(18)22(17(21)2)20-12-8-13-23(20)3;1-16-10-7-8-13-24(16)21-15-18(22(3,4)5)14-19(17(21)2)20-11-9-12-23(20)6;1-14-13-15(2)20(22-12-7-6-9-16(22)3)17(4)19(14)18-10-8-11-21(18)5;1-14-8-5-6-11-22(14)19-13-16(20-3)12-17(15(19)2)18-9-7-10-21(18)4;1-14-12-17(18-9-7-10-20(18)4)16(3)19(13-14)21-11-6-5-8-15(21)2/h4-15H,1-3H3;7-15H,1-6H3;6-13H,1-5H3;5-13H,1-2,4H3;5-13H,1-4H3/q5*+1. The van der Waals surface area contributed by atoms with Gasteiger partial charge in [0.2, 0.25) is 28.4 Å². The highest BCUT2D eigenvalue weighted by Gasteiger charge is 2.28. The third kappa shape index (κ3) is 16.9. The first kappa shape index (κ1) is 79.8. The highest BCUT2D eigenvalue weighted by molar-refractivity contribution is 5.99. The molecule has 0 radical (unpaired) electrons. The van der Waals surface area contributed by atoms with Crippen LogP contribution in [-0.4, -0.2) is 22.8 Å². The van der Waals surface area contributed by atoms with Crippen molar-refractivity contribution in [3.63, 3.8) is 0 Å². The summed E-state index contributed by atoms with van der Waals surface area (Å²) in [5.41, 5.74) is 37.2. The molecular formula is C102H110N11+5. The van der Waals surface area contributed by atoms with Crippen LogP contribution in [0.5, 0.6) is 0 Å². The number of hydrogen-bond donors (Lipinski definition) is 0. The number of hydrogen-bond acceptors (Lipinski definition) is 0. The van der Waals surface area contributed by atoms with Crippen LogP contribution in [-0.2, 0) is 40.7 Å². The van der Waals surface area contributed by atoms with E-state index in [0.717, 1.165) is 22.6 Å². The molecule has 0 spiro atoms. The van der Waals surface area contributed by atoms with Crippen molar-refractivity contribution in [2.24, 2.45) is 35.2 Å². The van der Waals surface area contributed by atoms with Gasteiger partial charge in [0.05, 0.1) is 6.57 Å². The molecule has 0 unspecified atom stereocenters. The molecule has 0 saturated carbocycles. The quantitative estimate of drug-likeness (QED) is 0.0968. The molecule has 0 amide bonds. The summed E-state index contributed by atoms with van der Waals surface area (Å²) in [6, 6.07) is 79.1. The number of fused-ring (bicyclic) bond motifs is 1. The number of nitrogens with zero attached hydrogens (tertiary/aromatic N) is 11. The Morgan fingerprint density at radius 1 is 0.301 bits per heavy atom. The number of pyridine rings is 5. The van der Waals surface area contributed by atoms with Crippen molar-refractivity contribution in [1.29, 1.82) is 0 Å². The highest BCUT2D eigenvalue weighted by Crippen LogP contribution is 2.38. The molecule has 16 rings (SSSR count). The zero-order valence-electron chi connectivity index (χ0n) is 70.1. The van der Waals surface area contributed by atoms with Crippen molar-refractivity contribution in [3.8, 4) is 84.7 Å². The van der Waals surface area contributed by atoms with Crippen molar-refractivity contribution in [2.45, 2.75) is 116 Å². The second kappa shape index (κ2) is 34.2. The van der Waals surface area contributed by atoms with Gasteiger partial charge in [-0.3, -0.25) is 0 Å². The Morgan fingerprint density at radius 2 is 0.655 bits per heavy atom. The fourth-order valence-corrected chi connectivity index (χ4v) is 15.9. The molecule has 0 atom stereocenters. The lowest BCUT2D eigenvalue weighted by atomic mass is 9.84. The molecule has 16 aromatic rings. The number of aryl methyl sites for hydroxylation is 13. The van der Waals surface area contributed by atoms with Gasteiger partial charge in [0, 0.05) is 270 Å². The van der Waals surface area contributed by atoms with Crippen LogP contribution in [0.25, 0.3) is 100 Å². The number of benzene rings is 6. The van der Waals surface area contributed by atoms with Gasteiger partial charge in [-0.1, -0.05) is 75.4 Å². The van der Waals surface area contributed by atoms with E-state index in [-0.39, 0.29) is 5.41 Å². The van der Waals surface area contributed by atoms with Gasteiger partial charge < -0.3 is 22.8 Å². The molecule has 0 aliphatic rings. The minimum absolute atomic E-state index is 0.103. The van der Waals surface area contributed by atoms with Crippen LogP contribution in [0.3, 0.4) is 0 Å². The van der Waals surface area contributed by atoms with Gasteiger partial charge in [0.1, 0.15) is 0 Å². The van der Waals surface area contributed by atoms with E-state index < -0.39 is 0 Å². The molecule has 568 valence electrons. The molecule has 0 fully saturated rings. The van der Waals surface area contributed by atoms with Gasteiger partial charge in [0.25, 0.3) is 0 Å². The first-order valence-electron chi connectivity index (χ1n) is 39.0. The van der Waals surface area contributed by atoms with Gasteiger partial charge in [-0.15, -0.1) is 0 Å². The predicted molar refractivity (Wildman–Crippen MR) is 466 cm³/mol. The monoisotopic (exact) mass is 1490 g/mol. The van der Waals surface area contributed by atoms with Gasteiger partial charge >= 0.3 is 0 Å². The molecule has 0 aliphatic heterocycles. The fourth-order valence-electron chi connectivity index (χ4n) is 15.9. The number of aromatic nitrogens is 10. The fraction of sp³-hybridized carbons (Fsp3) is 0.216. The molecule has 10 aromatic heterocycles. The smallest absolute Gasteiger partial charge is 0.217 e. The molecule has 113 heavy (non-hydrogen) atoms. The van der Waals surface area contributed by atoms with Crippen LogP contribution >= 0.6 is 0 Å². The molecule has 0 saturated heterocycles. The summed E-state index contributed by atoms with van der Waals surface area (Å²) in [6.07, 6.45) is 21.1. The lowest BCUT2D eigenvalue weighted by Gasteiger charge is -2.22. The zero-order chi connectivity index (χ0) is 80.7. The van der Waals surface area contributed by atoms with Crippen LogP contribution in [0.1, 0.15) is 99.3 Å². The summed E-state index contributed by atoms with van der Waals surface area (Å²) in [5.74, 6) is 0. The molecule has 6 aromatic carbocycles. The van der Waals surface area contributed by atoms with E-state index in [2.05, 4.69) is 433 Å². The molecular weight excluding hydrogens is 1380 g/mol. The average molecular weight is 1490 g/mol. The van der Waals surface area contributed by atoms with E-state index in [1.54, 1.807) is 0 Å². The van der Waals surface area contributed by atoms with Crippen LogP contribution in [0.15, 0.2) is 286 Å². The van der Waals surface area contributed by atoms with Gasteiger partial charge in [-0.2, -0.15) is 22.8 Å². The summed E-state index contributed by atoms with van der Waals surface area (Å²) in [6.45, 7) is 42.5. The Hall–Kier alpha value is -12.8. The van der Waals surface area contributed by atoms with E-state index in [1.165, 1.54) is 151 Å². The average Bonchev–Trinajstić information content (AvgIpc) is 0.969. The minimum Gasteiger partial charge on any atom is -0.351 e.